The van der Waals surface area contributed by atoms with Gasteiger partial charge in [0.1, 0.15) is 5.60 Å². The monoisotopic (exact) mass is 344 g/mol. The van der Waals surface area contributed by atoms with Gasteiger partial charge in [0, 0.05) is 13.1 Å². The lowest BCUT2D eigenvalue weighted by molar-refractivity contribution is -0.00946. The summed E-state index contributed by atoms with van der Waals surface area (Å²) in [5.41, 5.74) is -0.467. The van der Waals surface area contributed by atoms with Crippen LogP contribution in [0.4, 0.5) is 4.79 Å². The van der Waals surface area contributed by atoms with Gasteiger partial charge in [0.2, 0.25) is 0 Å². The van der Waals surface area contributed by atoms with Crippen LogP contribution in [0, 0.1) is 11.8 Å². The number of likely N-dealkylation sites (tertiary alicyclic amines) is 2. The number of amides is 1. The van der Waals surface area contributed by atoms with Crippen LogP contribution in [-0.2, 0) is 4.74 Å². The Bertz CT molecular complexity index is 397. The third-order valence-corrected chi connectivity index (χ3v) is 4.69. The topological polar surface area (TPSA) is 73.2 Å². The van der Waals surface area contributed by atoms with Crippen molar-refractivity contribution in [3.8, 4) is 0 Å². The highest BCUT2D eigenvalue weighted by Gasteiger charge is 2.30. The molecule has 1 amide bonds. The van der Waals surface area contributed by atoms with Crippen molar-refractivity contribution in [1.82, 2.24) is 9.80 Å². The summed E-state index contributed by atoms with van der Waals surface area (Å²) in [5.74, 6) is 0.768. The molecule has 0 aliphatic carbocycles. The van der Waals surface area contributed by atoms with Crippen molar-refractivity contribution in [2.45, 2.75) is 65.3 Å². The first-order chi connectivity index (χ1) is 11.0. The van der Waals surface area contributed by atoms with Gasteiger partial charge < -0.3 is 24.7 Å². The van der Waals surface area contributed by atoms with Crippen molar-refractivity contribution in [3.63, 3.8) is 0 Å². The Hall–Kier alpha value is -0.850. The summed E-state index contributed by atoms with van der Waals surface area (Å²) in [6.45, 7) is 12.7. The van der Waals surface area contributed by atoms with E-state index in [0.717, 1.165) is 25.9 Å². The number of hydrogen-bond acceptors (Lipinski definition) is 5. The van der Waals surface area contributed by atoms with Crippen LogP contribution in [0.3, 0.4) is 0 Å². The highest BCUT2D eigenvalue weighted by molar-refractivity contribution is 5.68. The first kappa shape index (κ1) is 21.2. The number of aliphatic hydroxyl groups excluding tert-OH is 2. The van der Waals surface area contributed by atoms with Gasteiger partial charge >= 0.3 is 6.09 Å². The zero-order valence-electron chi connectivity index (χ0n) is 16.2. The summed E-state index contributed by atoms with van der Waals surface area (Å²) < 4.78 is 5.24. The minimum Gasteiger partial charge on any atom is -0.444 e. The second-order valence-electron chi connectivity index (χ2n) is 8.36. The first-order valence-electron chi connectivity index (χ1n) is 9.02. The van der Waals surface area contributed by atoms with Crippen LogP contribution >= 0.6 is 0 Å². The predicted molar refractivity (Wildman–Crippen MR) is 94.9 cm³/mol. The summed E-state index contributed by atoms with van der Waals surface area (Å²) in [5, 5.41) is 19.0. The number of nitrogens with zero attached hydrogens (tertiary/aromatic N) is 2. The number of piperidine rings is 2. The minimum absolute atomic E-state index is 0.0938. The van der Waals surface area contributed by atoms with E-state index in [0.29, 0.717) is 19.0 Å². The van der Waals surface area contributed by atoms with Gasteiger partial charge in [-0.1, -0.05) is 13.8 Å². The van der Waals surface area contributed by atoms with Crippen molar-refractivity contribution < 1.29 is 19.7 Å². The molecule has 4 atom stereocenters. The maximum Gasteiger partial charge on any atom is 0.410 e. The van der Waals surface area contributed by atoms with Crippen LogP contribution in [0.1, 0.15) is 47.5 Å². The van der Waals surface area contributed by atoms with Crippen molar-refractivity contribution >= 4 is 6.09 Å². The molecule has 0 saturated carbocycles. The normalized spacial score (nSPS) is 31.9. The maximum absolute atomic E-state index is 11.7. The molecule has 2 aliphatic heterocycles. The van der Waals surface area contributed by atoms with Gasteiger partial charge in [-0.25, -0.2) is 4.79 Å². The number of β-amino-alcohol motifs (C(OH)–C–C–N with tert-alkyl or cyclic N) is 2. The lowest BCUT2D eigenvalue weighted by Crippen LogP contribution is -2.47. The number of likely N-dealkylation sites (N-methyl/N-ethyl adjacent to an activating group) is 1. The molecule has 2 heterocycles. The number of carbonyl (C=O) groups is 1. The van der Waals surface area contributed by atoms with Crippen LogP contribution in [0.5, 0.6) is 0 Å². The SMILES string of the molecule is C[C@@H]1CCN(C(=O)OC(C)(C)C)C[C@H]1O.C[C@@H]1CCN(C)C[C@H]1O. The molecule has 2 N–H and O–H groups in total. The van der Waals surface area contributed by atoms with Gasteiger partial charge in [0.05, 0.1) is 18.8 Å². The standard InChI is InChI=1S/C11H21NO3.C7H15NO/c1-8-5-6-12(7-9(8)13)10(14)15-11(2,3)4;1-6-3-4-8(2)5-7(6)9/h8-9,13H,5-7H2,1-4H3;6-7,9H,3-5H2,1-2H3/t8-,9-;6-,7-/m11/s1. The highest BCUT2D eigenvalue weighted by Crippen LogP contribution is 2.19. The van der Waals surface area contributed by atoms with Gasteiger partial charge in [-0.05, 0) is 59.0 Å². The quantitative estimate of drug-likeness (QED) is 0.703. The highest BCUT2D eigenvalue weighted by atomic mass is 16.6. The van der Waals surface area contributed by atoms with E-state index in [1.54, 1.807) is 4.90 Å². The van der Waals surface area contributed by atoms with Crippen LogP contribution in [0.2, 0.25) is 0 Å². The second kappa shape index (κ2) is 9.02. The van der Waals surface area contributed by atoms with E-state index >= 15 is 0 Å². The molecule has 2 aliphatic rings. The van der Waals surface area contributed by atoms with Gasteiger partial charge in [0.15, 0.2) is 0 Å². The molecule has 2 rings (SSSR count). The summed E-state index contributed by atoms with van der Waals surface area (Å²) in [4.78, 5) is 15.4. The lowest BCUT2D eigenvalue weighted by atomic mass is 9.96. The van der Waals surface area contributed by atoms with E-state index in [9.17, 15) is 15.0 Å². The van der Waals surface area contributed by atoms with E-state index in [4.69, 9.17) is 4.74 Å². The Balaban J connectivity index is 0.000000272. The molecule has 0 unspecified atom stereocenters. The van der Waals surface area contributed by atoms with Gasteiger partial charge in [-0.2, -0.15) is 0 Å². The number of carbonyl (C=O) groups excluding carboxylic acids is 1. The second-order valence-corrected chi connectivity index (χ2v) is 8.36. The van der Waals surface area contributed by atoms with Crippen molar-refractivity contribution in [2.75, 3.05) is 33.2 Å². The largest absolute Gasteiger partial charge is 0.444 e. The zero-order valence-corrected chi connectivity index (χ0v) is 16.2. The number of rotatable bonds is 0. The lowest BCUT2D eigenvalue weighted by Gasteiger charge is -2.35. The van der Waals surface area contributed by atoms with E-state index < -0.39 is 11.7 Å². The Morgan fingerprint density at radius 1 is 1.00 bits per heavy atom. The molecule has 6 nitrogen and oxygen atoms in total. The van der Waals surface area contributed by atoms with E-state index in [2.05, 4.69) is 18.9 Å². The Morgan fingerprint density at radius 3 is 1.92 bits per heavy atom. The Labute approximate surface area is 146 Å². The first-order valence-corrected chi connectivity index (χ1v) is 9.02. The molecule has 0 aromatic carbocycles. The van der Waals surface area contributed by atoms with Crippen molar-refractivity contribution in [1.29, 1.82) is 0 Å². The third-order valence-electron chi connectivity index (χ3n) is 4.69. The van der Waals surface area contributed by atoms with E-state index in [1.165, 1.54) is 0 Å². The smallest absolute Gasteiger partial charge is 0.410 e. The third kappa shape index (κ3) is 7.36. The van der Waals surface area contributed by atoms with E-state index in [1.807, 2.05) is 27.7 Å². The molecule has 0 bridgehead atoms. The number of aliphatic hydroxyl groups is 2. The molecule has 24 heavy (non-hydrogen) atoms. The average Bonchev–Trinajstić information content (AvgIpc) is 2.45. The number of ether oxygens (including phenoxy) is 1. The van der Waals surface area contributed by atoms with Gasteiger partial charge in [-0.3, -0.25) is 0 Å². The molecule has 2 saturated heterocycles. The van der Waals surface area contributed by atoms with Crippen LogP contribution in [-0.4, -0.2) is 77.1 Å². The van der Waals surface area contributed by atoms with Crippen LogP contribution in [0.15, 0.2) is 0 Å². The summed E-state index contributed by atoms with van der Waals surface area (Å²) >= 11 is 0. The van der Waals surface area contributed by atoms with Gasteiger partial charge in [-0.15, -0.1) is 0 Å². The molecule has 0 aromatic heterocycles. The maximum atomic E-state index is 11.7. The fourth-order valence-electron chi connectivity index (χ4n) is 2.75. The molecule has 142 valence electrons. The van der Waals surface area contributed by atoms with Crippen LogP contribution < -0.4 is 0 Å². The molecule has 0 spiro atoms. The molecule has 2 fully saturated rings. The average molecular weight is 344 g/mol. The summed E-state index contributed by atoms with van der Waals surface area (Å²) in [6, 6.07) is 0. The Kier molecular flexibility index (Phi) is 7.96. The van der Waals surface area contributed by atoms with Crippen molar-refractivity contribution in [3.05, 3.63) is 0 Å². The molecule has 6 heteroatoms. The fraction of sp³-hybridized carbons (Fsp3) is 0.944. The zero-order chi connectivity index (χ0) is 18.5. The molecular formula is C18H36N2O4. The predicted octanol–water partition coefficient (Wildman–Crippen LogP) is 1.94. The minimum atomic E-state index is -0.467. The molecular weight excluding hydrogens is 308 g/mol. The number of hydrogen-bond donors (Lipinski definition) is 2. The molecule has 0 radical (unpaired) electrons. The van der Waals surface area contributed by atoms with Crippen LogP contribution in [0.25, 0.3) is 0 Å². The summed E-state index contributed by atoms with van der Waals surface area (Å²) in [7, 11) is 2.05. The van der Waals surface area contributed by atoms with Crippen molar-refractivity contribution in [2.24, 2.45) is 11.8 Å². The fourth-order valence-corrected chi connectivity index (χ4v) is 2.75. The summed E-state index contributed by atoms with van der Waals surface area (Å²) in [6.07, 6.45) is 1.13. The molecule has 0 aromatic rings. The van der Waals surface area contributed by atoms with Gasteiger partial charge in [0.25, 0.3) is 0 Å². The van der Waals surface area contributed by atoms with E-state index in [-0.39, 0.29) is 18.1 Å². The Morgan fingerprint density at radius 2 is 1.50 bits per heavy atom.